The summed E-state index contributed by atoms with van der Waals surface area (Å²) in [4.78, 5) is 0. The molecule has 6 heteroatoms. The number of nitrogens with zero attached hydrogens (tertiary/aromatic N) is 4. The molecule has 0 saturated heterocycles. The van der Waals surface area contributed by atoms with Crippen LogP contribution in [0.5, 0.6) is 5.75 Å². The molecule has 1 aromatic carbocycles. The van der Waals surface area contributed by atoms with Gasteiger partial charge in [-0.05, 0) is 22.6 Å². The van der Waals surface area contributed by atoms with Gasteiger partial charge in [-0.25, -0.2) is 4.68 Å². The van der Waals surface area contributed by atoms with Crippen LogP contribution < -0.4 is 4.74 Å². The predicted molar refractivity (Wildman–Crippen MR) is 53.4 cm³/mol. The van der Waals surface area contributed by atoms with Gasteiger partial charge in [0.1, 0.15) is 12.1 Å². The highest BCUT2D eigenvalue weighted by molar-refractivity contribution is 9.10. The first-order valence-corrected chi connectivity index (χ1v) is 4.67. The third-order valence-corrected chi connectivity index (χ3v) is 2.16. The van der Waals surface area contributed by atoms with Crippen LogP contribution in [0.2, 0.25) is 0 Å². The van der Waals surface area contributed by atoms with Gasteiger partial charge in [-0.1, -0.05) is 15.9 Å². The van der Waals surface area contributed by atoms with Crippen molar-refractivity contribution < 1.29 is 4.74 Å². The highest BCUT2D eigenvalue weighted by Gasteiger charge is 2.02. The lowest BCUT2D eigenvalue weighted by molar-refractivity contribution is 0.414. The summed E-state index contributed by atoms with van der Waals surface area (Å²) in [6, 6.07) is 5.62. The van der Waals surface area contributed by atoms with Crippen molar-refractivity contribution >= 4 is 15.9 Å². The Labute approximate surface area is 88.8 Å². The van der Waals surface area contributed by atoms with Gasteiger partial charge in [0.15, 0.2) is 0 Å². The van der Waals surface area contributed by atoms with E-state index in [1.165, 1.54) is 6.33 Å². The van der Waals surface area contributed by atoms with Crippen LogP contribution in [0.4, 0.5) is 0 Å². The molecule has 5 nitrogen and oxygen atoms in total. The van der Waals surface area contributed by atoms with E-state index in [1.807, 2.05) is 18.2 Å². The molecule has 14 heavy (non-hydrogen) atoms. The van der Waals surface area contributed by atoms with Gasteiger partial charge in [0.25, 0.3) is 0 Å². The molecule has 0 radical (unpaired) electrons. The van der Waals surface area contributed by atoms with Crippen molar-refractivity contribution in [3.63, 3.8) is 0 Å². The molecule has 0 aliphatic rings. The van der Waals surface area contributed by atoms with Crippen molar-refractivity contribution in [2.24, 2.45) is 0 Å². The lowest BCUT2D eigenvalue weighted by Gasteiger charge is -2.04. The highest BCUT2D eigenvalue weighted by Crippen LogP contribution is 2.22. The molecule has 2 rings (SSSR count). The maximum atomic E-state index is 5.12. The fraction of sp³-hybridized carbons (Fsp3) is 0.125. The van der Waals surface area contributed by atoms with Crippen molar-refractivity contribution in [1.29, 1.82) is 0 Å². The van der Waals surface area contributed by atoms with E-state index in [1.54, 1.807) is 11.8 Å². The first-order valence-electron chi connectivity index (χ1n) is 3.87. The average molecular weight is 255 g/mol. The summed E-state index contributed by atoms with van der Waals surface area (Å²) in [5.74, 6) is 0.755. The van der Waals surface area contributed by atoms with Gasteiger partial charge in [-0.2, -0.15) is 0 Å². The fourth-order valence-corrected chi connectivity index (χ4v) is 1.54. The van der Waals surface area contributed by atoms with Crippen LogP contribution >= 0.6 is 15.9 Å². The molecule has 0 amide bonds. The second kappa shape index (κ2) is 3.75. The minimum absolute atomic E-state index is 0.755. The summed E-state index contributed by atoms with van der Waals surface area (Å²) in [6.45, 7) is 0. The summed E-state index contributed by atoms with van der Waals surface area (Å²) in [5, 5.41) is 10.9. The summed E-state index contributed by atoms with van der Waals surface area (Å²) >= 11 is 3.38. The number of hydrogen-bond acceptors (Lipinski definition) is 4. The monoisotopic (exact) mass is 254 g/mol. The molecule has 0 atom stereocenters. The molecule has 0 N–H and O–H groups in total. The normalized spacial score (nSPS) is 10.1. The smallest absolute Gasteiger partial charge is 0.143 e. The lowest BCUT2D eigenvalue weighted by atomic mass is 10.3. The molecule has 0 spiro atoms. The molecule has 1 aromatic heterocycles. The first-order chi connectivity index (χ1) is 6.79. The fourth-order valence-electron chi connectivity index (χ4n) is 1.08. The van der Waals surface area contributed by atoms with Gasteiger partial charge in [-0.3, -0.25) is 0 Å². The van der Waals surface area contributed by atoms with Crippen LogP contribution in [0.3, 0.4) is 0 Å². The maximum absolute atomic E-state index is 5.12. The molecule has 0 unspecified atom stereocenters. The third-order valence-electron chi connectivity index (χ3n) is 1.71. The van der Waals surface area contributed by atoms with Crippen molar-refractivity contribution in [1.82, 2.24) is 20.2 Å². The predicted octanol–water partition coefficient (Wildman–Crippen LogP) is 1.43. The Morgan fingerprint density at radius 2 is 2.21 bits per heavy atom. The van der Waals surface area contributed by atoms with E-state index in [0.717, 1.165) is 15.9 Å². The van der Waals surface area contributed by atoms with E-state index in [9.17, 15) is 0 Å². The van der Waals surface area contributed by atoms with Gasteiger partial charge in [0.2, 0.25) is 0 Å². The number of halogens is 1. The zero-order valence-electron chi connectivity index (χ0n) is 7.38. The molecule has 0 aliphatic heterocycles. The summed E-state index contributed by atoms with van der Waals surface area (Å²) in [5.41, 5.74) is 0.848. The van der Waals surface area contributed by atoms with Gasteiger partial charge in [0.05, 0.1) is 12.8 Å². The van der Waals surface area contributed by atoms with Crippen LogP contribution in [0.25, 0.3) is 5.69 Å². The molecule has 0 bridgehead atoms. The number of hydrogen-bond donors (Lipinski definition) is 0. The van der Waals surface area contributed by atoms with Crippen molar-refractivity contribution in [2.45, 2.75) is 0 Å². The van der Waals surface area contributed by atoms with Gasteiger partial charge >= 0.3 is 0 Å². The Morgan fingerprint density at radius 3 is 2.86 bits per heavy atom. The molecule has 0 aliphatic carbocycles. The summed E-state index contributed by atoms with van der Waals surface area (Å²) in [7, 11) is 1.62. The molecule has 2 aromatic rings. The zero-order valence-corrected chi connectivity index (χ0v) is 8.97. The van der Waals surface area contributed by atoms with Gasteiger partial charge in [-0.15, -0.1) is 5.10 Å². The number of tetrazole rings is 1. The SMILES string of the molecule is COc1cc(Br)cc(-n2cnnn2)c1. The van der Waals surface area contributed by atoms with Gasteiger partial charge < -0.3 is 4.74 Å². The van der Waals surface area contributed by atoms with E-state index in [4.69, 9.17) is 4.74 Å². The number of benzene rings is 1. The van der Waals surface area contributed by atoms with Crippen LogP contribution in [-0.2, 0) is 0 Å². The van der Waals surface area contributed by atoms with Crippen LogP contribution in [0.1, 0.15) is 0 Å². The van der Waals surface area contributed by atoms with Crippen LogP contribution in [0, 0.1) is 0 Å². The number of aromatic nitrogens is 4. The first kappa shape index (κ1) is 9.14. The highest BCUT2D eigenvalue weighted by atomic mass is 79.9. The molecule has 0 saturated carbocycles. The quantitative estimate of drug-likeness (QED) is 0.814. The Morgan fingerprint density at radius 1 is 1.36 bits per heavy atom. The topological polar surface area (TPSA) is 52.8 Å². The van der Waals surface area contributed by atoms with Crippen molar-refractivity contribution in [3.8, 4) is 11.4 Å². The lowest BCUT2D eigenvalue weighted by Crippen LogP contribution is -1.96. The molecular weight excluding hydrogens is 248 g/mol. The van der Waals surface area contributed by atoms with E-state index in [0.29, 0.717) is 0 Å². The third kappa shape index (κ3) is 1.74. The zero-order chi connectivity index (χ0) is 9.97. The van der Waals surface area contributed by atoms with E-state index in [2.05, 4.69) is 31.5 Å². The summed E-state index contributed by atoms with van der Waals surface area (Å²) in [6.07, 6.45) is 1.53. The van der Waals surface area contributed by atoms with Crippen molar-refractivity contribution in [3.05, 3.63) is 29.0 Å². The van der Waals surface area contributed by atoms with Crippen LogP contribution in [0.15, 0.2) is 29.0 Å². The Bertz CT molecular complexity index is 429. The maximum Gasteiger partial charge on any atom is 0.143 e. The number of rotatable bonds is 2. The standard InChI is InChI=1S/C8H7BrN4O/c1-14-8-3-6(9)2-7(4-8)13-5-10-11-12-13/h2-5H,1H3. The molecule has 72 valence electrons. The second-order valence-electron chi connectivity index (χ2n) is 2.60. The van der Waals surface area contributed by atoms with E-state index < -0.39 is 0 Å². The number of ether oxygens (including phenoxy) is 1. The average Bonchev–Trinajstić information content (AvgIpc) is 2.69. The van der Waals surface area contributed by atoms with Crippen molar-refractivity contribution in [2.75, 3.05) is 7.11 Å². The molecular formula is C8H7BrN4O. The van der Waals surface area contributed by atoms with Crippen LogP contribution in [-0.4, -0.2) is 27.3 Å². The van der Waals surface area contributed by atoms with Gasteiger partial charge in [0, 0.05) is 10.5 Å². The van der Waals surface area contributed by atoms with E-state index in [-0.39, 0.29) is 0 Å². The minimum atomic E-state index is 0.755. The molecule has 1 heterocycles. The minimum Gasteiger partial charge on any atom is -0.497 e. The number of methoxy groups -OCH3 is 1. The summed E-state index contributed by atoms with van der Waals surface area (Å²) < 4.78 is 7.60. The second-order valence-corrected chi connectivity index (χ2v) is 3.52. The Balaban J connectivity index is 2.48. The van der Waals surface area contributed by atoms with E-state index >= 15 is 0 Å². The Hall–Kier alpha value is -1.43. The Kier molecular flexibility index (Phi) is 2.45. The molecule has 0 fully saturated rings. The largest absolute Gasteiger partial charge is 0.497 e.